The molecule has 1 N–H and O–H groups in total. The van der Waals surface area contributed by atoms with Crippen LogP contribution in [0.2, 0.25) is 0 Å². The first-order chi connectivity index (χ1) is 9.22. The van der Waals surface area contributed by atoms with E-state index in [4.69, 9.17) is 4.74 Å². The first kappa shape index (κ1) is 13.0. The number of ether oxygens (including phenoxy) is 1. The molecule has 1 aromatic rings. The SMILES string of the molecule is CNC1CC2(CCCCCC2)Oc2ccc(C)cc21. The molecule has 3 rings (SSSR count). The second-order valence-corrected chi connectivity index (χ2v) is 6.29. The van der Waals surface area contributed by atoms with E-state index in [9.17, 15) is 0 Å². The zero-order valence-electron chi connectivity index (χ0n) is 12.2. The van der Waals surface area contributed by atoms with Crippen LogP contribution in [0.5, 0.6) is 5.75 Å². The van der Waals surface area contributed by atoms with Gasteiger partial charge in [-0.1, -0.05) is 30.5 Å². The van der Waals surface area contributed by atoms with Gasteiger partial charge < -0.3 is 10.1 Å². The van der Waals surface area contributed by atoms with Crippen molar-refractivity contribution in [2.45, 2.75) is 63.5 Å². The van der Waals surface area contributed by atoms with E-state index in [1.54, 1.807) is 0 Å². The largest absolute Gasteiger partial charge is 0.487 e. The van der Waals surface area contributed by atoms with Gasteiger partial charge in [-0.2, -0.15) is 0 Å². The average molecular weight is 259 g/mol. The number of benzene rings is 1. The van der Waals surface area contributed by atoms with Crippen molar-refractivity contribution in [1.29, 1.82) is 0 Å². The van der Waals surface area contributed by atoms with E-state index >= 15 is 0 Å². The maximum atomic E-state index is 6.49. The lowest BCUT2D eigenvalue weighted by atomic mass is 9.82. The molecule has 1 heterocycles. The van der Waals surface area contributed by atoms with Crippen molar-refractivity contribution >= 4 is 0 Å². The van der Waals surface area contributed by atoms with Crippen molar-refractivity contribution in [2.24, 2.45) is 0 Å². The summed E-state index contributed by atoms with van der Waals surface area (Å²) in [6, 6.07) is 7.06. The summed E-state index contributed by atoms with van der Waals surface area (Å²) in [5.74, 6) is 1.11. The Kier molecular flexibility index (Phi) is 3.53. The third-order valence-corrected chi connectivity index (χ3v) is 4.81. The van der Waals surface area contributed by atoms with E-state index < -0.39 is 0 Å². The van der Waals surface area contributed by atoms with Crippen LogP contribution in [0.3, 0.4) is 0 Å². The highest BCUT2D eigenvalue weighted by molar-refractivity contribution is 5.41. The van der Waals surface area contributed by atoms with Crippen molar-refractivity contribution < 1.29 is 4.74 Å². The van der Waals surface area contributed by atoms with E-state index in [0.29, 0.717) is 6.04 Å². The van der Waals surface area contributed by atoms with Crippen molar-refractivity contribution in [1.82, 2.24) is 5.32 Å². The Bertz CT molecular complexity index is 447. The fourth-order valence-electron chi connectivity index (χ4n) is 3.73. The van der Waals surface area contributed by atoms with Crippen LogP contribution in [-0.4, -0.2) is 12.6 Å². The first-order valence-electron chi connectivity index (χ1n) is 7.69. The van der Waals surface area contributed by atoms with Gasteiger partial charge in [-0.3, -0.25) is 0 Å². The van der Waals surface area contributed by atoms with Crippen LogP contribution in [0.25, 0.3) is 0 Å². The van der Waals surface area contributed by atoms with Gasteiger partial charge in [-0.25, -0.2) is 0 Å². The molecule has 1 spiro atoms. The molecular formula is C17H25NO. The molecule has 1 fully saturated rings. The molecular weight excluding hydrogens is 234 g/mol. The summed E-state index contributed by atoms with van der Waals surface area (Å²) in [5, 5.41) is 3.50. The zero-order chi connectivity index (χ0) is 13.3. The van der Waals surface area contributed by atoms with Gasteiger partial charge in [0.15, 0.2) is 0 Å². The van der Waals surface area contributed by atoms with Gasteiger partial charge in [0.25, 0.3) is 0 Å². The van der Waals surface area contributed by atoms with Crippen LogP contribution >= 0.6 is 0 Å². The maximum Gasteiger partial charge on any atom is 0.124 e. The summed E-state index contributed by atoms with van der Waals surface area (Å²) in [6.45, 7) is 2.16. The molecule has 1 aliphatic heterocycles. The maximum absolute atomic E-state index is 6.49. The molecule has 1 unspecified atom stereocenters. The number of aryl methyl sites for hydroxylation is 1. The fraction of sp³-hybridized carbons (Fsp3) is 0.647. The molecule has 1 atom stereocenters. The normalized spacial score (nSPS) is 25.5. The second kappa shape index (κ2) is 5.16. The summed E-state index contributed by atoms with van der Waals surface area (Å²) in [4.78, 5) is 0. The average Bonchev–Trinajstić information content (AvgIpc) is 2.64. The fourth-order valence-corrected chi connectivity index (χ4v) is 3.73. The molecule has 0 saturated heterocycles. The van der Waals surface area contributed by atoms with Crippen molar-refractivity contribution in [3.8, 4) is 5.75 Å². The lowest BCUT2D eigenvalue weighted by Gasteiger charge is -2.42. The minimum absolute atomic E-state index is 0.0897. The molecule has 19 heavy (non-hydrogen) atoms. The molecule has 0 bridgehead atoms. The van der Waals surface area contributed by atoms with Gasteiger partial charge in [0.05, 0.1) is 0 Å². The highest BCUT2D eigenvalue weighted by atomic mass is 16.5. The minimum atomic E-state index is 0.0897. The molecule has 2 nitrogen and oxygen atoms in total. The van der Waals surface area contributed by atoms with Crippen LogP contribution in [0.15, 0.2) is 18.2 Å². The predicted octanol–water partition coefficient (Wildman–Crippen LogP) is 4.13. The molecule has 0 amide bonds. The van der Waals surface area contributed by atoms with Gasteiger partial charge in [-0.15, -0.1) is 0 Å². The van der Waals surface area contributed by atoms with E-state index in [2.05, 4.69) is 37.5 Å². The van der Waals surface area contributed by atoms with Gasteiger partial charge in [-0.05, 0) is 45.7 Å². The van der Waals surface area contributed by atoms with Crippen molar-refractivity contribution in [3.05, 3.63) is 29.3 Å². The Hall–Kier alpha value is -1.02. The van der Waals surface area contributed by atoms with Gasteiger partial charge in [0.1, 0.15) is 11.4 Å². The summed E-state index contributed by atoms with van der Waals surface area (Å²) in [7, 11) is 2.08. The Morgan fingerprint density at radius 1 is 1.16 bits per heavy atom. The highest BCUT2D eigenvalue weighted by Crippen LogP contribution is 2.45. The third kappa shape index (κ3) is 2.51. The van der Waals surface area contributed by atoms with Crippen LogP contribution in [0, 0.1) is 6.92 Å². The highest BCUT2D eigenvalue weighted by Gasteiger charge is 2.40. The number of hydrogen-bond donors (Lipinski definition) is 1. The Balaban J connectivity index is 1.94. The number of hydrogen-bond acceptors (Lipinski definition) is 2. The topological polar surface area (TPSA) is 21.3 Å². The van der Waals surface area contributed by atoms with Crippen LogP contribution in [0.4, 0.5) is 0 Å². The van der Waals surface area contributed by atoms with Crippen LogP contribution in [0.1, 0.15) is 62.1 Å². The number of rotatable bonds is 1. The molecule has 0 aromatic heterocycles. The second-order valence-electron chi connectivity index (χ2n) is 6.29. The monoisotopic (exact) mass is 259 g/mol. The molecule has 2 heteroatoms. The smallest absolute Gasteiger partial charge is 0.124 e. The Labute approximate surface area is 116 Å². The van der Waals surface area contributed by atoms with E-state index in [1.165, 1.54) is 49.7 Å². The molecule has 1 aliphatic carbocycles. The summed E-state index contributed by atoms with van der Waals surface area (Å²) >= 11 is 0. The molecule has 0 radical (unpaired) electrons. The van der Waals surface area contributed by atoms with E-state index in [-0.39, 0.29) is 5.60 Å². The number of nitrogens with one attached hydrogen (secondary N) is 1. The predicted molar refractivity (Wildman–Crippen MR) is 78.7 cm³/mol. The van der Waals surface area contributed by atoms with Crippen molar-refractivity contribution in [2.75, 3.05) is 7.05 Å². The minimum Gasteiger partial charge on any atom is -0.487 e. The third-order valence-electron chi connectivity index (χ3n) is 4.81. The Morgan fingerprint density at radius 2 is 1.89 bits per heavy atom. The van der Waals surface area contributed by atoms with Gasteiger partial charge >= 0.3 is 0 Å². The molecule has 2 aliphatic rings. The molecule has 1 saturated carbocycles. The quantitative estimate of drug-likeness (QED) is 0.818. The van der Waals surface area contributed by atoms with Gasteiger partial charge in [0, 0.05) is 18.0 Å². The summed E-state index contributed by atoms with van der Waals surface area (Å²) in [5.41, 5.74) is 2.75. The van der Waals surface area contributed by atoms with Crippen LogP contribution < -0.4 is 10.1 Å². The van der Waals surface area contributed by atoms with E-state index in [1.807, 2.05) is 0 Å². The molecule has 104 valence electrons. The summed E-state index contributed by atoms with van der Waals surface area (Å²) < 4.78 is 6.49. The van der Waals surface area contributed by atoms with E-state index in [0.717, 1.165) is 12.2 Å². The lowest BCUT2D eigenvalue weighted by Crippen LogP contribution is -2.43. The van der Waals surface area contributed by atoms with Crippen LogP contribution in [-0.2, 0) is 0 Å². The summed E-state index contributed by atoms with van der Waals surface area (Å²) in [6.07, 6.45) is 8.94. The lowest BCUT2D eigenvalue weighted by molar-refractivity contribution is 0.0171. The standard InChI is InChI=1S/C17H25NO/c1-13-7-8-16-14(11-13)15(18-2)12-17(19-16)9-5-3-4-6-10-17/h7-8,11,15,18H,3-6,9-10,12H2,1-2H3. The Morgan fingerprint density at radius 3 is 2.58 bits per heavy atom. The van der Waals surface area contributed by atoms with Gasteiger partial charge in [0.2, 0.25) is 0 Å². The first-order valence-corrected chi connectivity index (χ1v) is 7.69. The zero-order valence-corrected chi connectivity index (χ0v) is 12.2. The number of fused-ring (bicyclic) bond motifs is 1. The molecule has 1 aromatic carbocycles. The van der Waals surface area contributed by atoms with Crippen molar-refractivity contribution in [3.63, 3.8) is 0 Å².